The van der Waals surface area contributed by atoms with Gasteiger partial charge in [0, 0.05) is 10.8 Å². The van der Waals surface area contributed by atoms with E-state index >= 15 is 0 Å². The number of rotatable bonds is 0. The summed E-state index contributed by atoms with van der Waals surface area (Å²) in [6, 6.07) is 9.21. The summed E-state index contributed by atoms with van der Waals surface area (Å²) in [5.74, 6) is -0.381. The molecule has 24 heavy (non-hydrogen) atoms. The van der Waals surface area contributed by atoms with Gasteiger partial charge in [-0.2, -0.15) is 0 Å². The van der Waals surface area contributed by atoms with Crippen molar-refractivity contribution in [2.75, 3.05) is 0 Å². The van der Waals surface area contributed by atoms with Crippen molar-refractivity contribution in [3.8, 4) is 0 Å². The second-order valence-corrected chi connectivity index (χ2v) is 6.76. The third-order valence-corrected chi connectivity index (χ3v) is 3.86. The fourth-order valence-corrected chi connectivity index (χ4v) is 2.91. The van der Waals surface area contributed by atoms with E-state index in [1.165, 1.54) is 4.57 Å². The van der Waals surface area contributed by atoms with Crippen LogP contribution in [0.3, 0.4) is 0 Å². The number of pyridine rings is 1. The number of nitrogens with zero attached hydrogens (tertiary/aromatic N) is 2. The number of ether oxygens (including phenoxy) is 2. The minimum atomic E-state index is -0.620. The van der Waals surface area contributed by atoms with Gasteiger partial charge in [-0.3, -0.25) is 0 Å². The van der Waals surface area contributed by atoms with E-state index in [0.29, 0.717) is 22.4 Å². The topological polar surface area (TPSA) is 70.4 Å². The zero-order valence-electron chi connectivity index (χ0n) is 13.6. The number of esters is 1. The molecule has 1 aliphatic heterocycles. The molecule has 6 nitrogen and oxygen atoms in total. The SMILES string of the molecule is CC(C)(C)OC(=O)n1c2ccccc2c2cc3c(nc21)COC3=O. The van der Waals surface area contributed by atoms with E-state index in [1.807, 2.05) is 45.0 Å². The molecular formula is C18H16N2O4. The second-order valence-electron chi connectivity index (χ2n) is 6.76. The molecule has 1 aromatic carbocycles. The minimum absolute atomic E-state index is 0.125. The van der Waals surface area contributed by atoms with E-state index in [9.17, 15) is 9.59 Å². The van der Waals surface area contributed by atoms with Crippen molar-refractivity contribution in [2.45, 2.75) is 33.0 Å². The molecule has 3 aromatic rings. The molecule has 3 heterocycles. The number of hydrogen-bond acceptors (Lipinski definition) is 5. The highest BCUT2D eigenvalue weighted by Crippen LogP contribution is 2.32. The van der Waals surface area contributed by atoms with Crippen LogP contribution in [0.4, 0.5) is 4.79 Å². The molecule has 0 fully saturated rings. The predicted octanol–water partition coefficient (Wildman–Crippen LogP) is 3.64. The molecule has 0 spiro atoms. The van der Waals surface area contributed by atoms with E-state index in [0.717, 1.165) is 10.8 Å². The molecule has 0 N–H and O–H groups in total. The Kier molecular flexibility index (Phi) is 2.94. The normalized spacial score (nSPS) is 14.0. The van der Waals surface area contributed by atoms with Crippen LogP contribution in [0.15, 0.2) is 30.3 Å². The Bertz CT molecular complexity index is 1010. The summed E-state index contributed by atoms with van der Waals surface area (Å²) in [7, 11) is 0. The minimum Gasteiger partial charge on any atom is -0.455 e. The number of aromatic nitrogens is 2. The lowest BCUT2D eigenvalue weighted by Crippen LogP contribution is -2.27. The predicted molar refractivity (Wildman–Crippen MR) is 88.0 cm³/mol. The summed E-state index contributed by atoms with van der Waals surface area (Å²) < 4.78 is 12.0. The molecule has 0 amide bonds. The first-order chi connectivity index (χ1) is 11.3. The van der Waals surface area contributed by atoms with Gasteiger partial charge in [-0.25, -0.2) is 19.1 Å². The van der Waals surface area contributed by atoms with Gasteiger partial charge in [0.2, 0.25) is 0 Å². The first-order valence-electron chi connectivity index (χ1n) is 7.69. The molecule has 122 valence electrons. The van der Waals surface area contributed by atoms with Gasteiger partial charge >= 0.3 is 12.1 Å². The zero-order valence-corrected chi connectivity index (χ0v) is 13.6. The molecular weight excluding hydrogens is 308 g/mol. The Balaban J connectivity index is 2.04. The van der Waals surface area contributed by atoms with E-state index in [4.69, 9.17) is 9.47 Å². The van der Waals surface area contributed by atoms with Gasteiger partial charge in [-0.05, 0) is 32.9 Å². The van der Waals surface area contributed by atoms with Crippen LogP contribution in [0.5, 0.6) is 0 Å². The Hall–Kier alpha value is -2.89. The summed E-state index contributed by atoms with van der Waals surface area (Å²) >= 11 is 0. The van der Waals surface area contributed by atoms with Gasteiger partial charge in [0.1, 0.15) is 12.2 Å². The summed E-state index contributed by atoms with van der Waals surface area (Å²) in [6.07, 6.45) is -0.494. The highest BCUT2D eigenvalue weighted by atomic mass is 16.6. The van der Waals surface area contributed by atoms with Crippen molar-refractivity contribution in [2.24, 2.45) is 0 Å². The average molecular weight is 324 g/mol. The van der Waals surface area contributed by atoms with Gasteiger partial charge in [-0.15, -0.1) is 0 Å². The van der Waals surface area contributed by atoms with E-state index in [1.54, 1.807) is 6.07 Å². The molecule has 0 bridgehead atoms. The van der Waals surface area contributed by atoms with E-state index in [-0.39, 0.29) is 12.6 Å². The van der Waals surface area contributed by atoms with Gasteiger partial charge in [0.25, 0.3) is 0 Å². The number of cyclic esters (lactones) is 1. The standard InChI is InChI=1S/C18H16N2O4/c1-18(2,3)24-17(22)20-14-7-5-4-6-10(14)11-8-12-13(19-15(11)20)9-23-16(12)21/h4-8H,9H2,1-3H3. The van der Waals surface area contributed by atoms with Crippen LogP contribution < -0.4 is 0 Å². The average Bonchev–Trinajstić information content (AvgIpc) is 3.02. The van der Waals surface area contributed by atoms with Crippen molar-refractivity contribution in [1.29, 1.82) is 0 Å². The summed E-state index contributed by atoms with van der Waals surface area (Å²) in [5.41, 5.74) is 1.55. The number of fused-ring (bicyclic) bond motifs is 4. The number of hydrogen-bond donors (Lipinski definition) is 0. The number of benzene rings is 1. The van der Waals surface area contributed by atoms with Gasteiger partial charge in [-0.1, -0.05) is 18.2 Å². The zero-order chi connectivity index (χ0) is 17.1. The summed E-state index contributed by atoms with van der Waals surface area (Å²) in [4.78, 5) is 29.0. The van der Waals surface area contributed by atoms with E-state index in [2.05, 4.69) is 4.98 Å². The third kappa shape index (κ3) is 2.14. The third-order valence-electron chi connectivity index (χ3n) is 3.86. The van der Waals surface area contributed by atoms with Crippen LogP contribution in [0.25, 0.3) is 21.9 Å². The summed E-state index contributed by atoms with van der Waals surface area (Å²) in [6.45, 7) is 5.57. The molecule has 0 saturated heterocycles. The van der Waals surface area contributed by atoms with Crippen LogP contribution in [-0.4, -0.2) is 27.2 Å². The molecule has 4 rings (SSSR count). The molecule has 0 radical (unpaired) electrons. The Morgan fingerprint density at radius 2 is 2.00 bits per heavy atom. The maximum absolute atomic E-state index is 12.7. The molecule has 0 saturated carbocycles. The Morgan fingerprint density at radius 3 is 2.75 bits per heavy atom. The van der Waals surface area contributed by atoms with Gasteiger partial charge in [0.15, 0.2) is 5.65 Å². The molecule has 0 aliphatic carbocycles. The highest BCUT2D eigenvalue weighted by molar-refractivity contribution is 6.13. The molecule has 1 aliphatic rings. The summed E-state index contributed by atoms with van der Waals surface area (Å²) in [5, 5.41) is 1.57. The van der Waals surface area contributed by atoms with Crippen molar-refractivity contribution in [3.05, 3.63) is 41.6 Å². The highest BCUT2D eigenvalue weighted by Gasteiger charge is 2.28. The van der Waals surface area contributed by atoms with Crippen LogP contribution in [0, 0.1) is 0 Å². The molecule has 0 unspecified atom stereocenters. The fourth-order valence-electron chi connectivity index (χ4n) is 2.91. The first-order valence-corrected chi connectivity index (χ1v) is 7.69. The van der Waals surface area contributed by atoms with Crippen molar-refractivity contribution in [3.63, 3.8) is 0 Å². The smallest absolute Gasteiger partial charge is 0.420 e. The Labute approximate surface area is 138 Å². The lowest BCUT2D eigenvalue weighted by Gasteiger charge is -2.20. The lowest BCUT2D eigenvalue weighted by atomic mass is 10.1. The maximum Gasteiger partial charge on any atom is 0.420 e. The molecule has 0 atom stereocenters. The molecule has 2 aromatic heterocycles. The van der Waals surface area contributed by atoms with Crippen molar-refractivity contribution in [1.82, 2.24) is 9.55 Å². The van der Waals surface area contributed by atoms with Crippen LogP contribution in [0.2, 0.25) is 0 Å². The van der Waals surface area contributed by atoms with Crippen molar-refractivity contribution < 1.29 is 19.1 Å². The number of carbonyl (C=O) groups is 2. The number of para-hydroxylation sites is 1. The van der Waals surface area contributed by atoms with Crippen LogP contribution in [0.1, 0.15) is 36.8 Å². The van der Waals surface area contributed by atoms with E-state index < -0.39 is 11.7 Å². The fraction of sp³-hybridized carbons (Fsp3) is 0.278. The first kappa shape index (κ1) is 14.7. The van der Waals surface area contributed by atoms with Gasteiger partial charge < -0.3 is 9.47 Å². The lowest BCUT2D eigenvalue weighted by molar-refractivity contribution is 0.0526. The van der Waals surface area contributed by atoms with Gasteiger partial charge in [0.05, 0.1) is 16.8 Å². The van der Waals surface area contributed by atoms with Crippen molar-refractivity contribution >= 4 is 34.0 Å². The monoisotopic (exact) mass is 324 g/mol. The maximum atomic E-state index is 12.7. The van der Waals surface area contributed by atoms with Crippen LogP contribution >= 0.6 is 0 Å². The number of carbonyl (C=O) groups excluding carboxylic acids is 2. The van der Waals surface area contributed by atoms with Crippen LogP contribution in [-0.2, 0) is 16.1 Å². The second kappa shape index (κ2) is 4.80. The largest absolute Gasteiger partial charge is 0.455 e. The Morgan fingerprint density at radius 1 is 1.25 bits per heavy atom. The molecule has 6 heteroatoms. The quantitative estimate of drug-likeness (QED) is 0.590.